The molecule has 142 valence electrons. The van der Waals surface area contributed by atoms with Crippen LogP contribution in [0.2, 0.25) is 0 Å². The van der Waals surface area contributed by atoms with E-state index in [1.807, 2.05) is 37.4 Å². The largest absolute Gasteiger partial charge is 0.349 e. The van der Waals surface area contributed by atoms with Gasteiger partial charge < -0.3 is 5.32 Å². The Kier molecular flexibility index (Phi) is 5.52. The van der Waals surface area contributed by atoms with Crippen LogP contribution in [0.3, 0.4) is 0 Å². The molecule has 0 unspecified atom stereocenters. The molecule has 9 heteroatoms. The van der Waals surface area contributed by atoms with Crippen LogP contribution in [-0.2, 0) is 21.4 Å². The van der Waals surface area contributed by atoms with Gasteiger partial charge in [-0.2, -0.15) is 0 Å². The number of nitrogens with zero attached hydrogens (tertiary/aromatic N) is 3. The summed E-state index contributed by atoms with van der Waals surface area (Å²) in [6.07, 6.45) is 1.84. The van der Waals surface area contributed by atoms with Crippen LogP contribution in [0.5, 0.6) is 0 Å². The van der Waals surface area contributed by atoms with E-state index < -0.39 is 10.0 Å². The van der Waals surface area contributed by atoms with Crippen molar-refractivity contribution >= 4 is 21.6 Å². The third-order valence-electron chi connectivity index (χ3n) is 4.11. The number of sulfonamides is 1. The van der Waals surface area contributed by atoms with Crippen LogP contribution < -0.4 is 10.0 Å². The minimum Gasteiger partial charge on any atom is -0.349 e. The standard InChI is InChI=1S/C18H21N5O3S/c1-13-6-7-14(2)15(11-13)27(25,26)20-9-8-18(24)19-12-17-22-21-16-5-3-4-10-23(16)17/h3-7,10-11,20H,8-9,12H2,1-2H3,(H,19,24). The number of hydrogen-bond donors (Lipinski definition) is 2. The van der Waals surface area contributed by atoms with Gasteiger partial charge in [0.25, 0.3) is 0 Å². The van der Waals surface area contributed by atoms with E-state index in [9.17, 15) is 13.2 Å². The van der Waals surface area contributed by atoms with E-state index in [2.05, 4.69) is 20.2 Å². The average Bonchev–Trinajstić information content (AvgIpc) is 3.05. The Morgan fingerprint density at radius 3 is 2.78 bits per heavy atom. The van der Waals surface area contributed by atoms with E-state index in [4.69, 9.17) is 0 Å². The van der Waals surface area contributed by atoms with Crippen molar-refractivity contribution in [2.75, 3.05) is 6.54 Å². The zero-order valence-corrected chi connectivity index (χ0v) is 16.0. The van der Waals surface area contributed by atoms with Crippen LogP contribution in [0.15, 0.2) is 47.5 Å². The monoisotopic (exact) mass is 387 g/mol. The first-order valence-corrected chi connectivity index (χ1v) is 9.97. The van der Waals surface area contributed by atoms with Crippen molar-refractivity contribution in [1.29, 1.82) is 0 Å². The molecule has 3 aromatic rings. The highest BCUT2D eigenvalue weighted by Crippen LogP contribution is 2.16. The fraction of sp³-hybridized carbons (Fsp3) is 0.278. The van der Waals surface area contributed by atoms with Gasteiger partial charge in [0.05, 0.1) is 11.4 Å². The molecule has 8 nitrogen and oxygen atoms in total. The molecule has 0 aliphatic carbocycles. The number of fused-ring (bicyclic) bond motifs is 1. The Labute approximate surface area is 157 Å². The van der Waals surface area contributed by atoms with Gasteiger partial charge in [-0.1, -0.05) is 18.2 Å². The second-order valence-corrected chi connectivity index (χ2v) is 7.97. The highest BCUT2D eigenvalue weighted by atomic mass is 32.2. The molecule has 0 radical (unpaired) electrons. The van der Waals surface area contributed by atoms with Gasteiger partial charge in [-0.15, -0.1) is 10.2 Å². The van der Waals surface area contributed by atoms with Gasteiger partial charge in [-0.3, -0.25) is 9.20 Å². The minimum absolute atomic E-state index is 0.0160. The third kappa shape index (κ3) is 4.50. The summed E-state index contributed by atoms with van der Waals surface area (Å²) in [5.74, 6) is 0.335. The predicted molar refractivity (Wildman–Crippen MR) is 101 cm³/mol. The molecular weight excluding hydrogens is 366 g/mol. The maximum absolute atomic E-state index is 12.4. The molecule has 0 spiro atoms. The summed E-state index contributed by atoms with van der Waals surface area (Å²) in [6.45, 7) is 3.81. The van der Waals surface area contributed by atoms with Crippen molar-refractivity contribution in [3.05, 3.63) is 59.5 Å². The summed E-state index contributed by atoms with van der Waals surface area (Å²) in [5.41, 5.74) is 2.22. The van der Waals surface area contributed by atoms with Crippen molar-refractivity contribution in [2.24, 2.45) is 0 Å². The number of carbonyl (C=O) groups excluding carboxylic acids is 1. The Hall–Kier alpha value is -2.78. The highest BCUT2D eigenvalue weighted by Gasteiger charge is 2.17. The summed E-state index contributed by atoms with van der Waals surface area (Å²) in [4.78, 5) is 12.2. The summed E-state index contributed by atoms with van der Waals surface area (Å²) in [6, 6.07) is 10.8. The van der Waals surface area contributed by atoms with E-state index in [0.717, 1.165) is 5.56 Å². The molecule has 27 heavy (non-hydrogen) atoms. The lowest BCUT2D eigenvalue weighted by molar-refractivity contribution is -0.121. The fourth-order valence-corrected chi connectivity index (χ4v) is 4.01. The van der Waals surface area contributed by atoms with Crippen molar-refractivity contribution in [1.82, 2.24) is 24.6 Å². The topological polar surface area (TPSA) is 105 Å². The minimum atomic E-state index is -3.65. The van der Waals surface area contributed by atoms with Crippen molar-refractivity contribution < 1.29 is 13.2 Å². The van der Waals surface area contributed by atoms with Crippen LogP contribution in [0.4, 0.5) is 0 Å². The van der Waals surface area contributed by atoms with Crippen molar-refractivity contribution in [2.45, 2.75) is 31.7 Å². The lowest BCUT2D eigenvalue weighted by atomic mass is 10.2. The lowest BCUT2D eigenvalue weighted by Crippen LogP contribution is -2.31. The second kappa shape index (κ2) is 7.85. The average molecular weight is 387 g/mol. The molecule has 1 aromatic carbocycles. The van der Waals surface area contributed by atoms with Crippen LogP contribution in [-0.4, -0.2) is 35.5 Å². The molecule has 2 aromatic heterocycles. The third-order valence-corrected chi connectivity index (χ3v) is 5.71. The lowest BCUT2D eigenvalue weighted by Gasteiger charge is -2.10. The predicted octanol–water partition coefficient (Wildman–Crippen LogP) is 1.33. The summed E-state index contributed by atoms with van der Waals surface area (Å²) in [7, 11) is -3.65. The summed E-state index contributed by atoms with van der Waals surface area (Å²) >= 11 is 0. The smallest absolute Gasteiger partial charge is 0.240 e. The van der Waals surface area contributed by atoms with Crippen LogP contribution in [0.1, 0.15) is 23.4 Å². The Bertz CT molecular complexity index is 1080. The van der Waals surface area contributed by atoms with Crippen molar-refractivity contribution in [3.63, 3.8) is 0 Å². The molecule has 2 heterocycles. The normalized spacial score (nSPS) is 11.6. The number of benzene rings is 1. The second-order valence-electron chi connectivity index (χ2n) is 6.24. The number of carbonyl (C=O) groups is 1. The molecule has 0 fully saturated rings. The first-order valence-electron chi connectivity index (χ1n) is 8.49. The van der Waals surface area contributed by atoms with E-state index >= 15 is 0 Å². The first kappa shape index (κ1) is 19.0. The van der Waals surface area contributed by atoms with Gasteiger partial charge in [0.15, 0.2) is 11.5 Å². The maximum atomic E-state index is 12.4. The van der Waals surface area contributed by atoms with Crippen LogP contribution in [0.25, 0.3) is 5.65 Å². The molecule has 0 saturated carbocycles. The van der Waals surface area contributed by atoms with Gasteiger partial charge in [0.2, 0.25) is 15.9 Å². The van der Waals surface area contributed by atoms with Crippen molar-refractivity contribution in [3.8, 4) is 0 Å². The molecule has 0 bridgehead atoms. The number of aromatic nitrogens is 3. The Morgan fingerprint density at radius 2 is 1.96 bits per heavy atom. The maximum Gasteiger partial charge on any atom is 0.240 e. The zero-order valence-electron chi connectivity index (χ0n) is 15.1. The number of amides is 1. The van der Waals surface area contributed by atoms with Crippen LogP contribution in [0, 0.1) is 13.8 Å². The van der Waals surface area contributed by atoms with Gasteiger partial charge >= 0.3 is 0 Å². The summed E-state index contributed by atoms with van der Waals surface area (Å²) < 4.78 is 29.1. The SMILES string of the molecule is Cc1ccc(C)c(S(=O)(=O)NCCC(=O)NCc2nnc3ccccn23)c1. The van der Waals surface area contributed by atoms with Gasteiger partial charge in [0, 0.05) is 19.2 Å². The highest BCUT2D eigenvalue weighted by molar-refractivity contribution is 7.89. The molecule has 0 aliphatic rings. The number of nitrogens with one attached hydrogen (secondary N) is 2. The first-order chi connectivity index (χ1) is 12.9. The van der Waals surface area contributed by atoms with Gasteiger partial charge in [0.1, 0.15) is 0 Å². The number of hydrogen-bond acceptors (Lipinski definition) is 5. The number of aryl methyl sites for hydroxylation is 2. The quantitative estimate of drug-likeness (QED) is 0.636. The van der Waals surface area contributed by atoms with Crippen LogP contribution >= 0.6 is 0 Å². The Balaban J connectivity index is 1.53. The molecule has 1 amide bonds. The van der Waals surface area contributed by atoms with E-state index in [-0.39, 0.29) is 30.3 Å². The van der Waals surface area contributed by atoms with Gasteiger partial charge in [-0.05, 0) is 43.2 Å². The number of pyridine rings is 1. The molecule has 3 rings (SSSR count). The summed E-state index contributed by atoms with van der Waals surface area (Å²) in [5, 5.41) is 10.8. The van der Waals surface area contributed by atoms with E-state index in [1.54, 1.807) is 23.5 Å². The van der Waals surface area contributed by atoms with Gasteiger partial charge in [-0.25, -0.2) is 13.1 Å². The fourth-order valence-electron chi connectivity index (χ4n) is 2.65. The Morgan fingerprint density at radius 1 is 1.15 bits per heavy atom. The molecule has 0 atom stereocenters. The zero-order chi connectivity index (χ0) is 19.4. The number of rotatable bonds is 7. The van der Waals surface area contributed by atoms with E-state index in [0.29, 0.717) is 17.0 Å². The van der Waals surface area contributed by atoms with E-state index in [1.165, 1.54) is 0 Å². The molecular formula is C18H21N5O3S. The molecule has 0 aliphatic heterocycles. The molecule has 2 N–H and O–H groups in total. The molecule has 0 saturated heterocycles.